The van der Waals surface area contributed by atoms with Gasteiger partial charge in [-0.3, -0.25) is 9.69 Å². The van der Waals surface area contributed by atoms with Crippen LogP contribution in [0.25, 0.3) is 0 Å². The maximum atomic E-state index is 12.8. The summed E-state index contributed by atoms with van der Waals surface area (Å²) in [7, 11) is -3.08. The van der Waals surface area contributed by atoms with E-state index in [0.717, 1.165) is 38.8 Å². The van der Waals surface area contributed by atoms with Crippen molar-refractivity contribution < 1.29 is 17.9 Å². The molecule has 0 radical (unpaired) electrons. The molecule has 0 N–H and O–H groups in total. The number of carbonyl (C=O) groups excluding carboxylic acids is 1. The predicted octanol–water partition coefficient (Wildman–Crippen LogP) is 0.761. The average Bonchev–Trinajstić information content (AvgIpc) is 2.68. The number of hydrogen-bond donors (Lipinski definition) is 0. The maximum absolute atomic E-state index is 12.8. The standard InChI is InChI=1S/C18H33N3O4S/c1-2-14-26(23,24)21-8-5-17(6-9-21)20-7-3-4-16(15-20)18(22)19-10-12-25-13-11-19/h16-17H,2-15H2,1H3/t16-/m1/s1. The van der Waals surface area contributed by atoms with Crippen molar-refractivity contribution >= 4 is 15.9 Å². The molecule has 3 fully saturated rings. The first-order chi connectivity index (χ1) is 12.5. The molecule has 1 amide bonds. The number of nitrogens with zero attached hydrogens (tertiary/aromatic N) is 3. The molecule has 3 saturated heterocycles. The monoisotopic (exact) mass is 387 g/mol. The molecule has 3 heterocycles. The van der Waals surface area contributed by atoms with E-state index in [2.05, 4.69) is 4.90 Å². The highest BCUT2D eigenvalue weighted by Gasteiger charge is 2.35. The molecule has 150 valence electrons. The van der Waals surface area contributed by atoms with E-state index in [9.17, 15) is 13.2 Å². The number of likely N-dealkylation sites (tertiary alicyclic amines) is 1. The van der Waals surface area contributed by atoms with Crippen molar-refractivity contribution in [2.75, 3.05) is 58.2 Å². The van der Waals surface area contributed by atoms with E-state index in [-0.39, 0.29) is 17.6 Å². The molecule has 0 unspecified atom stereocenters. The smallest absolute Gasteiger partial charge is 0.227 e. The third-order valence-corrected chi connectivity index (χ3v) is 8.00. The van der Waals surface area contributed by atoms with Gasteiger partial charge in [0.05, 0.1) is 24.9 Å². The number of amides is 1. The number of hydrogen-bond acceptors (Lipinski definition) is 5. The minimum absolute atomic E-state index is 0.0868. The van der Waals surface area contributed by atoms with E-state index in [1.54, 1.807) is 4.31 Å². The van der Waals surface area contributed by atoms with Crippen molar-refractivity contribution in [2.24, 2.45) is 5.92 Å². The van der Waals surface area contributed by atoms with Gasteiger partial charge in [-0.15, -0.1) is 0 Å². The topological polar surface area (TPSA) is 70.2 Å². The largest absolute Gasteiger partial charge is 0.378 e. The Balaban J connectivity index is 1.51. The number of carbonyl (C=O) groups is 1. The first kappa shape index (κ1) is 20.0. The normalized spacial score (nSPS) is 27.6. The van der Waals surface area contributed by atoms with Gasteiger partial charge in [-0.2, -0.15) is 0 Å². The van der Waals surface area contributed by atoms with Gasteiger partial charge in [0.15, 0.2) is 0 Å². The number of piperidine rings is 2. The zero-order valence-corrected chi connectivity index (χ0v) is 16.8. The third-order valence-electron chi connectivity index (χ3n) is 5.92. The van der Waals surface area contributed by atoms with Gasteiger partial charge in [-0.05, 0) is 38.6 Å². The Morgan fingerprint density at radius 1 is 1.04 bits per heavy atom. The first-order valence-corrected chi connectivity index (χ1v) is 11.7. The Labute approximate surface area is 157 Å². The van der Waals surface area contributed by atoms with Gasteiger partial charge >= 0.3 is 0 Å². The highest BCUT2D eigenvalue weighted by Crippen LogP contribution is 2.26. The molecule has 0 aromatic rings. The van der Waals surface area contributed by atoms with Crippen molar-refractivity contribution in [1.82, 2.24) is 14.1 Å². The van der Waals surface area contributed by atoms with Crippen molar-refractivity contribution in [3.8, 4) is 0 Å². The van der Waals surface area contributed by atoms with Gasteiger partial charge in [0, 0.05) is 38.8 Å². The lowest BCUT2D eigenvalue weighted by atomic mass is 9.93. The number of rotatable bonds is 5. The van der Waals surface area contributed by atoms with Crippen molar-refractivity contribution in [3.05, 3.63) is 0 Å². The predicted molar refractivity (Wildman–Crippen MR) is 100 cm³/mol. The number of morpholine rings is 1. The first-order valence-electron chi connectivity index (χ1n) is 10.1. The van der Waals surface area contributed by atoms with Crippen molar-refractivity contribution in [3.63, 3.8) is 0 Å². The van der Waals surface area contributed by atoms with Crippen LogP contribution in [0.4, 0.5) is 0 Å². The molecular weight excluding hydrogens is 354 g/mol. The highest BCUT2D eigenvalue weighted by atomic mass is 32.2. The van der Waals surface area contributed by atoms with E-state index >= 15 is 0 Å². The van der Waals surface area contributed by atoms with Crippen LogP contribution in [0.2, 0.25) is 0 Å². The van der Waals surface area contributed by atoms with Gasteiger partial charge < -0.3 is 9.64 Å². The van der Waals surface area contributed by atoms with Crippen LogP contribution in [0.3, 0.4) is 0 Å². The van der Waals surface area contributed by atoms with Crippen LogP contribution in [-0.4, -0.2) is 92.7 Å². The van der Waals surface area contributed by atoms with E-state index in [1.165, 1.54) is 0 Å². The van der Waals surface area contributed by atoms with Crippen LogP contribution in [0.1, 0.15) is 39.0 Å². The molecule has 3 aliphatic heterocycles. The zero-order chi connectivity index (χ0) is 18.6. The summed E-state index contributed by atoms with van der Waals surface area (Å²) in [4.78, 5) is 17.2. The summed E-state index contributed by atoms with van der Waals surface area (Å²) in [5, 5.41) is 0. The lowest BCUT2D eigenvalue weighted by Crippen LogP contribution is -2.53. The summed E-state index contributed by atoms with van der Waals surface area (Å²) in [6.07, 6.45) is 4.44. The molecule has 3 aliphatic rings. The molecule has 0 aliphatic carbocycles. The Morgan fingerprint density at radius 3 is 2.38 bits per heavy atom. The van der Waals surface area contributed by atoms with Crippen molar-refractivity contribution in [1.29, 1.82) is 0 Å². The van der Waals surface area contributed by atoms with Gasteiger partial charge in [0.2, 0.25) is 15.9 Å². The highest BCUT2D eigenvalue weighted by molar-refractivity contribution is 7.89. The lowest BCUT2D eigenvalue weighted by molar-refractivity contribution is -0.141. The van der Waals surface area contributed by atoms with Crippen molar-refractivity contribution in [2.45, 2.75) is 45.1 Å². The van der Waals surface area contributed by atoms with Gasteiger partial charge in [-0.25, -0.2) is 12.7 Å². The molecule has 26 heavy (non-hydrogen) atoms. The second-order valence-electron chi connectivity index (χ2n) is 7.72. The van der Waals surface area contributed by atoms with Crippen LogP contribution < -0.4 is 0 Å². The Morgan fingerprint density at radius 2 is 1.73 bits per heavy atom. The van der Waals surface area contributed by atoms with Crippen LogP contribution in [-0.2, 0) is 19.6 Å². The molecule has 0 spiro atoms. The third kappa shape index (κ3) is 4.77. The minimum Gasteiger partial charge on any atom is -0.378 e. The summed E-state index contributed by atoms with van der Waals surface area (Å²) in [5.41, 5.74) is 0. The zero-order valence-electron chi connectivity index (χ0n) is 15.9. The summed E-state index contributed by atoms with van der Waals surface area (Å²) >= 11 is 0. The quantitative estimate of drug-likeness (QED) is 0.697. The average molecular weight is 388 g/mol. The minimum atomic E-state index is -3.08. The summed E-state index contributed by atoms with van der Waals surface area (Å²) in [6.45, 7) is 7.70. The van der Waals surface area contributed by atoms with Crippen LogP contribution in [0.5, 0.6) is 0 Å². The van der Waals surface area contributed by atoms with Gasteiger partial charge in [-0.1, -0.05) is 6.92 Å². The van der Waals surface area contributed by atoms with Gasteiger partial charge in [0.25, 0.3) is 0 Å². The van der Waals surface area contributed by atoms with E-state index < -0.39 is 10.0 Å². The van der Waals surface area contributed by atoms with Crippen LogP contribution in [0, 0.1) is 5.92 Å². The van der Waals surface area contributed by atoms with Crippen LogP contribution >= 0.6 is 0 Å². The molecule has 8 heteroatoms. The fraction of sp³-hybridized carbons (Fsp3) is 0.944. The second-order valence-corrected chi connectivity index (χ2v) is 9.81. The molecule has 0 bridgehead atoms. The second kappa shape index (κ2) is 8.99. The fourth-order valence-electron chi connectivity index (χ4n) is 4.45. The van der Waals surface area contributed by atoms with E-state index in [1.807, 2.05) is 11.8 Å². The molecule has 0 saturated carbocycles. The SMILES string of the molecule is CCCS(=O)(=O)N1CCC(N2CCC[C@@H](C(=O)N3CCOCC3)C2)CC1. The fourth-order valence-corrected chi connectivity index (χ4v) is 6.00. The van der Waals surface area contributed by atoms with Gasteiger partial charge in [0.1, 0.15) is 0 Å². The summed E-state index contributed by atoms with van der Waals surface area (Å²) in [5.74, 6) is 0.613. The number of sulfonamides is 1. The molecule has 7 nitrogen and oxygen atoms in total. The molecule has 0 aromatic carbocycles. The maximum Gasteiger partial charge on any atom is 0.227 e. The van der Waals surface area contributed by atoms with E-state index in [4.69, 9.17) is 4.74 Å². The molecule has 3 rings (SSSR count). The summed E-state index contributed by atoms with van der Waals surface area (Å²) in [6, 6.07) is 0.406. The van der Waals surface area contributed by atoms with E-state index in [0.29, 0.717) is 51.9 Å². The molecule has 0 aromatic heterocycles. The molecule has 1 atom stereocenters. The lowest BCUT2D eigenvalue weighted by Gasteiger charge is -2.42. The van der Waals surface area contributed by atoms with Crippen LogP contribution in [0.15, 0.2) is 0 Å². The number of ether oxygens (including phenoxy) is 1. The Kier molecular flexibility index (Phi) is 6.93. The Bertz CT molecular complexity index is 569. The Hall–Kier alpha value is -0.700. The summed E-state index contributed by atoms with van der Waals surface area (Å²) < 4.78 is 31.5. The molecular formula is C18H33N3O4S.